The highest BCUT2D eigenvalue weighted by Gasteiger charge is 2.34. The van der Waals surface area contributed by atoms with Crippen LogP contribution in [0.1, 0.15) is 50.3 Å². The summed E-state index contributed by atoms with van der Waals surface area (Å²) >= 11 is 0. The highest BCUT2D eigenvalue weighted by molar-refractivity contribution is 5.76. The number of piperidine rings is 1. The molecule has 1 amide bonds. The topological polar surface area (TPSA) is 59.0 Å². The molecule has 0 spiro atoms. The lowest BCUT2D eigenvalue weighted by Crippen LogP contribution is -2.39. The lowest BCUT2D eigenvalue weighted by atomic mass is 9.89. The molecule has 2 bridgehead atoms. The highest BCUT2D eigenvalue weighted by Crippen LogP contribution is 2.32. The molecule has 2 fully saturated rings. The van der Waals surface area contributed by atoms with Crippen molar-refractivity contribution in [3.05, 3.63) is 17.5 Å². The van der Waals surface area contributed by atoms with Crippen molar-refractivity contribution >= 4 is 5.91 Å². The Balaban J connectivity index is 1.48. The lowest BCUT2D eigenvalue weighted by molar-refractivity contribution is -0.122. The molecule has 0 saturated carbocycles. The fourth-order valence-electron chi connectivity index (χ4n) is 3.90. The molecule has 5 heteroatoms. The maximum absolute atomic E-state index is 12.2. The smallest absolute Gasteiger partial charge is 0.220 e. The number of carbonyl (C=O) groups excluding carboxylic acids is 1. The van der Waals surface area contributed by atoms with Crippen molar-refractivity contribution in [2.45, 2.75) is 64.1 Å². The van der Waals surface area contributed by atoms with Crippen LogP contribution in [0.4, 0.5) is 0 Å². The van der Waals surface area contributed by atoms with Crippen LogP contribution >= 0.6 is 0 Å². The molecule has 2 aliphatic heterocycles. The molecular weight excluding hydrogens is 264 g/mol. The summed E-state index contributed by atoms with van der Waals surface area (Å²) in [5.74, 6) is 0.746. The van der Waals surface area contributed by atoms with E-state index in [-0.39, 0.29) is 5.91 Å². The standard InChI is InChI=1S/C16H26N4O/c1-3-15-12(10-20(2)19-15)9-17-16(21)8-11-6-13-4-5-14(7-11)18-13/h10-11,13-14,18H,3-9H2,1-2H3,(H,17,21). The Bertz CT molecular complexity index is 498. The molecule has 3 rings (SSSR count). The van der Waals surface area contributed by atoms with Crippen molar-refractivity contribution in [1.29, 1.82) is 0 Å². The van der Waals surface area contributed by atoms with Gasteiger partial charge in [-0.3, -0.25) is 9.48 Å². The summed E-state index contributed by atoms with van der Waals surface area (Å²) in [5, 5.41) is 11.1. The number of aryl methyl sites for hydroxylation is 2. The number of fused-ring (bicyclic) bond motifs is 2. The molecule has 0 radical (unpaired) electrons. The van der Waals surface area contributed by atoms with E-state index in [0.29, 0.717) is 31.0 Å². The van der Waals surface area contributed by atoms with Gasteiger partial charge in [-0.05, 0) is 38.0 Å². The molecule has 2 N–H and O–H groups in total. The zero-order valence-electron chi connectivity index (χ0n) is 13.1. The third kappa shape index (κ3) is 3.46. The maximum atomic E-state index is 12.2. The van der Waals surface area contributed by atoms with Gasteiger partial charge in [0, 0.05) is 43.9 Å². The minimum absolute atomic E-state index is 0.187. The maximum Gasteiger partial charge on any atom is 0.220 e. The third-order valence-electron chi connectivity index (χ3n) is 4.85. The van der Waals surface area contributed by atoms with E-state index in [2.05, 4.69) is 22.7 Å². The first-order chi connectivity index (χ1) is 10.1. The number of amides is 1. The number of hydrogen-bond donors (Lipinski definition) is 2. The number of rotatable bonds is 5. The van der Waals surface area contributed by atoms with Crippen molar-refractivity contribution in [3.8, 4) is 0 Å². The first kappa shape index (κ1) is 14.6. The monoisotopic (exact) mass is 290 g/mol. The number of aromatic nitrogens is 2. The van der Waals surface area contributed by atoms with Crippen LogP contribution in [-0.2, 0) is 24.8 Å². The number of nitrogens with zero attached hydrogens (tertiary/aromatic N) is 2. The molecule has 21 heavy (non-hydrogen) atoms. The highest BCUT2D eigenvalue weighted by atomic mass is 16.1. The summed E-state index contributed by atoms with van der Waals surface area (Å²) in [4.78, 5) is 12.2. The van der Waals surface area contributed by atoms with Crippen molar-refractivity contribution in [2.24, 2.45) is 13.0 Å². The first-order valence-electron chi connectivity index (χ1n) is 8.18. The van der Waals surface area contributed by atoms with Crippen molar-refractivity contribution in [1.82, 2.24) is 20.4 Å². The van der Waals surface area contributed by atoms with Crippen LogP contribution in [0.25, 0.3) is 0 Å². The van der Waals surface area contributed by atoms with Crippen molar-refractivity contribution in [2.75, 3.05) is 0 Å². The minimum atomic E-state index is 0.187. The number of nitrogens with one attached hydrogen (secondary N) is 2. The van der Waals surface area contributed by atoms with Gasteiger partial charge in [-0.1, -0.05) is 6.92 Å². The fourth-order valence-corrected chi connectivity index (χ4v) is 3.90. The second-order valence-corrected chi connectivity index (χ2v) is 6.58. The molecule has 0 aliphatic carbocycles. The Kier molecular flexibility index (Phi) is 4.29. The van der Waals surface area contributed by atoms with Crippen LogP contribution in [0.15, 0.2) is 6.20 Å². The molecule has 3 heterocycles. The van der Waals surface area contributed by atoms with Gasteiger partial charge in [0.05, 0.1) is 5.69 Å². The van der Waals surface area contributed by atoms with Crippen molar-refractivity contribution < 1.29 is 4.79 Å². The quantitative estimate of drug-likeness (QED) is 0.864. The van der Waals surface area contributed by atoms with E-state index >= 15 is 0 Å². The molecule has 5 nitrogen and oxygen atoms in total. The van der Waals surface area contributed by atoms with Gasteiger partial charge in [0.2, 0.25) is 5.91 Å². The van der Waals surface area contributed by atoms with E-state index in [4.69, 9.17) is 0 Å². The summed E-state index contributed by atoms with van der Waals surface area (Å²) < 4.78 is 1.82. The first-order valence-corrected chi connectivity index (χ1v) is 8.18. The van der Waals surface area contributed by atoms with Gasteiger partial charge in [0.25, 0.3) is 0 Å². The Morgan fingerprint density at radius 2 is 2.14 bits per heavy atom. The van der Waals surface area contributed by atoms with Gasteiger partial charge in [0.15, 0.2) is 0 Å². The Hall–Kier alpha value is -1.36. The van der Waals surface area contributed by atoms with Crippen LogP contribution in [0, 0.1) is 5.92 Å². The Labute approximate surface area is 126 Å². The molecule has 1 aromatic rings. The van der Waals surface area contributed by atoms with Gasteiger partial charge >= 0.3 is 0 Å². The summed E-state index contributed by atoms with van der Waals surface area (Å²) in [6, 6.07) is 1.32. The lowest BCUT2D eigenvalue weighted by Gasteiger charge is -2.28. The van der Waals surface area contributed by atoms with Gasteiger partial charge in [-0.25, -0.2) is 0 Å². The van der Waals surface area contributed by atoms with Crippen LogP contribution in [0.5, 0.6) is 0 Å². The van der Waals surface area contributed by atoms with Gasteiger partial charge in [-0.15, -0.1) is 0 Å². The van der Waals surface area contributed by atoms with Crippen LogP contribution in [0.2, 0.25) is 0 Å². The van der Waals surface area contributed by atoms with E-state index in [0.717, 1.165) is 30.5 Å². The zero-order valence-corrected chi connectivity index (χ0v) is 13.1. The van der Waals surface area contributed by atoms with Crippen molar-refractivity contribution in [3.63, 3.8) is 0 Å². The normalized spacial score (nSPS) is 27.8. The second kappa shape index (κ2) is 6.18. The molecule has 2 saturated heterocycles. The van der Waals surface area contributed by atoms with Gasteiger partial charge < -0.3 is 10.6 Å². The average Bonchev–Trinajstić information content (AvgIpc) is 2.98. The minimum Gasteiger partial charge on any atom is -0.352 e. The summed E-state index contributed by atoms with van der Waals surface area (Å²) in [5.41, 5.74) is 2.22. The van der Waals surface area contributed by atoms with Crippen LogP contribution < -0.4 is 10.6 Å². The number of carbonyl (C=O) groups is 1. The van der Waals surface area contributed by atoms with Gasteiger partial charge in [0.1, 0.15) is 0 Å². The molecule has 116 valence electrons. The molecular formula is C16H26N4O. The Morgan fingerprint density at radius 1 is 1.43 bits per heavy atom. The summed E-state index contributed by atoms with van der Waals surface area (Å²) in [6.07, 6.45) is 8.49. The average molecular weight is 290 g/mol. The molecule has 2 unspecified atom stereocenters. The van der Waals surface area contributed by atoms with E-state index in [1.165, 1.54) is 12.8 Å². The molecule has 2 atom stereocenters. The van der Waals surface area contributed by atoms with Crippen LogP contribution in [-0.4, -0.2) is 27.8 Å². The molecule has 0 aromatic carbocycles. The predicted molar refractivity (Wildman–Crippen MR) is 81.7 cm³/mol. The van der Waals surface area contributed by atoms with E-state index in [1.54, 1.807) is 0 Å². The zero-order chi connectivity index (χ0) is 14.8. The van der Waals surface area contributed by atoms with Crippen LogP contribution in [0.3, 0.4) is 0 Å². The predicted octanol–water partition coefficient (Wildman–Crippen LogP) is 1.52. The van der Waals surface area contributed by atoms with E-state index in [1.807, 2.05) is 17.9 Å². The Morgan fingerprint density at radius 3 is 2.81 bits per heavy atom. The van der Waals surface area contributed by atoms with Gasteiger partial charge in [-0.2, -0.15) is 5.10 Å². The third-order valence-corrected chi connectivity index (χ3v) is 4.85. The largest absolute Gasteiger partial charge is 0.352 e. The summed E-state index contributed by atoms with van der Waals surface area (Å²) in [7, 11) is 1.93. The SMILES string of the molecule is CCc1nn(C)cc1CNC(=O)CC1CC2CCC(C1)N2. The molecule has 2 aliphatic rings. The fraction of sp³-hybridized carbons (Fsp3) is 0.750. The summed E-state index contributed by atoms with van der Waals surface area (Å²) in [6.45, 7) is 2.70. The molecule has 1 aromatic heterocycles. The second-order valence-electron chi connectivity index (χ2n) is 6.58. The van der Waals surface area contributed by atoms with E-state index < -0.39 is 0 Å². The number of hydrogen-bond acceptors (Lipinski definition) is 3. The van der Waals surface area contributed by atoms with E-state index in [9.17, 15) is 4.79 Å².